The minimum Gasteiger partial charge on any atom is -0.478 e. The summed E-state index contributed by atoms with van der Waals surface area (Å²) in [6.07, 6.45) is 0. The molecule has 2 heterocycles. The van der Waals surface area contributed by atoms with Crippen molar-refractivity contribution in [2.45, 2.75) is 6.92 Å². The smallest absolute Gasteiger partial charge is 0.339 e. The van der Waals surface area contributed by atoms with Crippen molar-refractivity contribution < 1.29 is 9.90 Å². The Morgan fingerprint density at radius 3 is 2.50 bits per heavy atom. The number of hydrogen-bond acceptors (Lipinski definition) is 4. The Labute approximate surface area is 111 Å². The average molecular weight is 270 g/mol. The highest BCUT2D eigenvalue weighted by atomic mass is 35.5. The van der Waals surface area contributed by atoms with E-state index in [0.717, 1.165) is 32.0 Å². The minimum atomic E-state index is -1.03. The average Bonchev–Trinajstić information content (AvgIpc) is 2.28. The maximum atomic E-state index is 11.0. The number of hydrogen-bond donors (Lipinski definition) is 1. The topological polar surface area (TPSA) is 56.7 Å². The molecule has 1 saturated heterocycles. The van der Waals surface area contributed by atoms with Crippen molar-refractivity contribution in [3.8, 4) is 0 Å². The molecule has 0 unspecified atom stereocenters. The van der Waals surface area contributed by atoms with Gasteiger partial charge in [0, 0.05) is 26.2 Å². The molecule has 1 aromatic rings. The number of rotatable bonds is 2. The third-order valence-corrected chi connectivity index (χ3v) is 3.47. The minimum absolute atomic E-state index is 0.0661. The molecule has 0 amide bonds. The van der Waals surface area contributed by atoms with Gasteiger partial charge in [-0.2, -0.15) is 0 Å². The summed E-state index contributed by atoms with van der Waals surface area (Å²) in [5.41, 5.74) is 0.742. The number of likely N-dealkylation sites (N-methyl/N-ethyl adjacent to an activating group) is 1. The lowest BCUT2D eigenvalue weighted by atomic mass is 10.1. The zero-order valence-corrected chi connectivity index (χ0v) is 11.2. The first-order valence-corrected chi connectivity index (χ1v) is 6.20. The molecule has 1 aromatic heterocycles. The van der Waals surface area contributed by atoms with Crippen LogP contribution in [0.1, 0.15) is 15.9 Å². The first-order valence-electron chi connectivity index (χ1n) is 5.83. The summed E-state index contributed by atoms with van der Waals surface area (Å²) in [5.74, 6) is -0.273. The Kier molecular flexibility index (Phi) is 3.73. The van der Waals surface area contributed by atoms with Crippen molar-refractivity contribution in [3.05, 3.63) is 22.3 Å². The second kappa shape index (κ2) is 5.12. The van der Waals surface area contributed by atoms with Crippen molar-refractivity contribution in [3.63, 3.8) is 0 Å². The molecule has 98 valence electrons. The summed E-state index contributed by atoms with van der Waals surface area (Å²) < 4.78 is 0. The molecule has 18 heavy (non-hydrogen) atoms. The highest BCUT2D eigenvalue weighted by Gasteiger charge is 2.20. The highest BCUT2D eigenvalue weighted by molar-refractivity contribution is 6.32. The van der Waals surface area contributed by atoms with E-state index in [1.165, 1.54) is 0 Å². The fraction of sp³-hybridized carbons (Fsp3) is 0.500. The van der Waals surface area contributed by atoms with Crippen LogP contribution in [0.25, 0.3) is 0 Å². The summed E-state index contributed by atoms with van der Waals surface area (Å²) in [5, 5.41) is 9.10. The molecule has 1 aliphatic rings. The Hall–Kier alpha value is -1.33. The molecule has 0 radical (unpaired) electrons. The number of piperazine rings is 1. The van der Waals surface area contributed by atoms with E-state index in [0.29, 0.717) is 5.56 Å². The molecule has 1 aliphatic heterocycles. The molecule has 0 aliphatic carbocycles. The SMILES string of the molecule is Cc1cc(N2CCN(C)CC2)nc(Cl)c1C(=O)O. The molecular formula is C12H16ClN3O2. The van der Waals surface area contributed by atoms with E-state index >= 15 is 0 Å². The second-order valence-electron chi connectivity index (χ2n) is 4.56. The van der Waals surface area contributed by atoms with Gasteiger partial charge in [-0.15, -0.1) is 0 Å². The molecule has 0 spiro atoms. The van der Waals surface area contributed by atoms with E-state index in [1.54, 1.807) is 13.0 Å². The van der Waals surface area contributed by atoms with Gasteiger partial charge in [-0.05, 0) is 25.6 Å². The van der Waals surface area contributed by atoms with Crippen molar-refractivity contribution in [1.29, 1.82) is 0 Å². The number of aromatic nitrogens is 1. The van der Waals surface area contributed by atoms with Gasteiger partial charge < -0.3 is 14.9 Å². The van der Waals surface area contributed by atoms with Gasteiger partial charge in [0.2, 0.25) is 0 Å². The summed E-state index contributed by atoms with van der Waals surface area (Å²) >= 11 is 5.95. The summed E-state index contributed by atoms with van der Waals surface area (Å²) in [7, 11) is 2.08. The molecule has 0 bridgehead atoms. The summed E-state index contributed by atoms with van der Waals surface area (Å²) in [6, 6.07) is 1.79. The maximum absolute atomic E-state index is 11.0. The Balaban J connectivity index is 2.28. The van der Waals surface area contributed by atoms with Crippen molar-refractivity contribution >= 4 is 23.4 Å². The predicted octanol–water partition coefficient (Wildman–Crippen LogP) is 1.49. The van der Waals surface area contributed by atoms with E-state index in [2.05, 4.69) is 21.8 Å². The number of pyridine rings is 1. The van der Waals surface area contributed by atoms with Crippen LogP contribution in [0, 0.1) is 6.92 Å². The van der Waals surface area contributed by atoms with Gasteiger partial charge in [-0.3, -0.25) is 0 Å². The third kappa shape index (κ3) is 2.57. The van der Waals surface area contributed by atoms with E-state index in [1.807, 2.05) is 0 Å². The number of halogens is 1. The molecule has 0 saturated carbocycles. The number of carboxylic acid groups (broad SMARTS) is 1. The normalized spacial score (nSPS) is 16.9. The van der Waals surface area contributed by atoms with Gasteiger partial charge in [-0.25, -0.2) is 9.78 Å². The fourth-order valence-electron chi connectivity index (χ4n) is 2.07. The molecule has 5 nitrogen and oxygen atoms in total. The van der Waals surface area contributed by atoms with Crippen molar-refractivity contribution in [2.24, 2.45) is 0 Å². The number of aromatic carboxylic acids is 1. The second-order valence-corrected chi connectivity index (χ2v) is 4.92. The zero-order chi connectivity index (χ0) is 13.3. The van der Waals surface area contributed by atoms with Crippen LogP contribution in [-0.4, -0.2) is 54.2 Å². The van der Waals surface area contributed by atoms with Gasteiger partial charge in [-0.1, -0.05) is 11.6 Å². The predicted molar refractivity (Wildman–Crippen MR) is 70.7 cm³/mol. The Morgan fingerprint density at radius 1 is 1.39 bits per heavy atom. The monoisotopic (exact) mass is 269 g/mol. The lowest BCUT2D eigenvalue weighted by Gasteiger charge is -2.33. The van der Waals surface area contributed by atoms with Gasteiger partial charge in [0.25, 0.3) is 0 Å². The van der Waals surface area contributed by atoms with Crippen molar-refractivity contribution in [1.82, 2.24) is 9.88 Å². The van der Waals surface area contributed by atoms with Gasteiger partial charge >= 0.3 is 5.97 Å². The first kappa shape index (κ1) is 13.1. The van der Waals surface area contributed by atoms with E-state index in [9.17, 15) is 4.79 Å². The van der Waals surface area contributed by atoms with Crippen LogP contribution in [0.4, 0.5) is 5.82 Å². The number of carboxylic acids is 1. The van der Waals surface area contributed by atoms with Crippen LogP contribution in [0.15, 0.2) is 6.07 Å². The van der Waals surface area contributed by atoms with Crippen LogP contribution in [0.3, 0.4) is 0 Å². The first-order chi connectivity index (χ1) is 8.49. The van der Waals surface area contributed by atoms with Gasteiger partial charge in [0.1, 0.15) is 11.0 Å². The number of nitrogens with zero attached hydrogens (tertiary/aromatic N) is 3. The fourth-order valence-corrected chi connectivity index (χ4v) is 2.39. The molecular weight excluding hydrogens is 254 g/mol. The van der Waals surface area contributed by atoms with Crippen LogP contribution >= 0.6 is 11.6 Å². The Bertz CT molecular complexity index is 447. The lowest BCUT2D eigenvalue weighted by Crippen LogP contribution is -2.44. The van der Waals surface area contributed by atoms with E-state index in [-0.39, 0.29) is 10.7 Å². The summed E-state index contributed by atoms with van der Waals surface area (Å²) in [4.78, 5) is 19.6. The molecule has 2 rings (SSSR count). The summed E-state index contributed by atoms with van der Waals surface area (Å²) in [6.45, 7) is 5.45. The quantitative estimate of drug-likeness (QED) is 0.825. The lowest BCUT2D eigenvalue weighted by molar-refractivity contribution is 0.0696. The van der Waals surface area contributed by atoms with Gasteiger partial charge in [0.15, 0.2) is 0 Å². The standard InChI is InChI=1S/C12H16ClN3O2/c1-8-7-9(14-11(13)10(8)12(17)18)16-5-3-15(2)4-6-16/h7H,3-6H2,1-2H3,(H,17,18). The third-order valence-electron chi connectivity index (χ3n) is 3.20. The van der Waals surface area contributed by atoms with Gasteiger partial charge in [0.05, 0.1) is 5.56 Å². The molecule has 0 aromatic carbocycles. The molecule has 6 heteroatoms. The van der Waals surface area contributed by atoms with E-state index in [4.69, 9.17) is 16.7 Å². The van der Waals surface area contributed by atoms with Crippen LogP contribution < -0.4 is 4.90 Å². The zero-order valence-electron chi connectivity index (χ0n) is 10.5. The van der Waals surface area contributed by atoms with Crippen LogP contribution in [0.2, 0.25) is 5.15 Å². The Morgan fingerprint density at radius 2 is 2.00 bits per heavy atom. The molecule has 1 fully saturated rings. The molecule has 1 N–H and O–H groups in total. The molecule has 0 atom stereocenters. The highest BCUT2D eigenvalue weighted by Crippen LogP contribution is 2.24. The number of anilines is 1. The number of carbonyl (C=O) groups is 1. The van der Waals surface area contributed by atoms with Crippen LogP contribution in [-0.2, 0) is 0 Å². The van der Waals surface area contributed by atoms with Crippen LogP contribution in [0.5, 0.6) is 0 Å². The van der Waals surface area contributed by atoms with Crippen molar-refractivity contribution in [2.75, 3.05) is 38.1 Å². The maximum Gasteiger partial charge on any atom is 0.339 e. The van der Waals surface area contributed by atoms with E-state index < -0.39 is 5.97 Å². The largest absolute Gasteiger partial charge is 0.478 e. The number of aryl methyl sites for hydroxylation is 1.